The van der Waals surface area contributed by atoms with Crippen molar-refractivity contribution in [3.05, 3.63) is 0 Å². The summed E-state index contributed by atoms with van der Waals surface area (Å²) >= 11 is 0. The second-order valence-corrected chi connectivity index (χ2v) is 4.76. The molecule has 0 saturated carbocycles. The van der Waals surface area contributed by atoms with Crippen LogP contribution >= 0.6 is 0 Å². The fourth-order valence-corrected chi connectivity index (χ4v) is 1.41. The van der Waals surface area contributed by atoms with Crippen LogP contribution in [0.1, 0.15) is 40.5 Å². The second kappa shape index (κ2) is 4.98. The van der Waals surface area contributed by atoms with Gasteiger partial charge in [-0.05, 0) is 11.8 Å². The van der Waals surface area contributed by atoms with Crippen LogP contribution in [0.2, 0.25) is 0 Å². The number of carbonyl (C=O) groups excluding carboxylic acids is 1. The van der Waals surface area contributed by atoms with Crippen molar-refractivity contribution in [2.45, 2.75) is 46.6 Å². The Hall–Kier alpha value is -1.06. The largest absolute Gasteiger partial charge is 0.481 e. The Balaban J connectivity index is 4.24. The zero-order valence-corrected chi connectivity index (χ0v) is 9.26. The van der Waals surface area contributed by atoms with Crippen molar-refractivity contribution in [1.29, 1.82) is 0 Å². The summed E-state index contributed by atoms with van der Waals surface area (Å²) in [6.45, 7) is 7.45. The predicted octanol–water partition coefficient (Wildman–Crippen LogP) is 1.40. The molecular weight excluding hydrogens is 182 g/mol. The number of carboxylic acids is 1. The van der Waals surface area contributed by atoms with Crippen LogP contribution in [0.15, 0.2) is 0 Å². The third-order valence-corrected chi connectivity index (χ3v) is 1.69. The van der Waals surface area contributed by atoms with Crippen molar-refractivity contribution >= 4 is 11.9 Å². The summed E-state index contributed by atoms with van der Waals surface area (Å²) in [6.07, 6.45) is 0.649. The molecule has 0 aliphatic carbocycles. The minimum Gasteiger partial charge on any atom is -0.481 e. The van der Waals surface area contributed by atoms with Crippen molar-refractivity contribution in [3.8, 4) is 0 Å². The van der Waals surface area contributed by atoms with Crippen LogP contribution in [-0.4, -0.2) is 23.0 Å². The molecule has 0 aromatic rings. The number of rotatable bonds is 4. The highest BCUT2D eigenvalue weighted by Crippen LogP contribution is 2.22. The van der Waals surface area contributed by atoms with E-state index in [0.717, 1.165) is 0 Å². The summed E-state index contributed by atoms with van der Waals surface area (Å²) < 4.78 is 0. The molecule has 0 unspecified atom stereocenters. The SMILES string of the molecule is CC(=O)N[C@H](CC(=O)O)CC(C)(C)C. The van der Waals surface area contributed by atoms with E-state index < -0.39 is 5.97 Å². The van der Waals surface area contributed by atoms with Crippen LogP contribution in [-0.2, 0) is 9.59 Å². The maximum Gasteiger partial charge on any atom is 0.305 e. The highest BCUT2D eigenvalue weighted by Gasteiger charge is 2.21. The molecule has 0 bridgehead atoms. The van der Waals surface area contributed by atoms with Gasteiger partial charge in [0, 0.05) is 13.0 Å². The Labute approximate surface area is 84.7 Å². The number of carboxylic acid groups (broad SMARTS) is 1. The molecule has 0 aliphatic heterocycles. The van der Waals surface area contributed by atoms with E-state index in [9.17, 15) is 9.59 Å². The molecule has 0 rings (SSSR count). The molecule has 14 heavy (non-hydrogen) atoms. The predicted molar refractivity (Wildman–Crippen MR) is 53.9 cm³/mol. The summed E-state index contributed by atoms with van der Waals surface area (Å²) in [5.41, 5.74) is 0.0164. The quantitative estimate of drug-likeness (QED) is 0.722. The van der Waals surface area contributed by atoms with E-state index in [1.54, 1.807) is 0 Å². The minimum atomic E-state index is -0.881. The van der Waals surface area contributed by atoms with E-state index in [1.165, 1.54) is 6.92 Å². The Kier molecular flexibility index (Phi) is 4.60. The highest BCUT2D eigenvalue weighted by atomic mass is 16.4. The van der Waals surface area contributed by atoms with Gasteiger partial charge in [0.2, 0.25) is 5.91 Å². The van der Waals surface area contributed by atoms with Crippen molar-refractivity contribution in [1.82, 2.24) is 5.32 Å². The summed E-state index contributed by atoms with van der Waals surface area (Å²) in [7, 11) is 0. The Morgan fingerprint density at radius 2 is 1.86 bits per heavy atom. The standard InChI is InChI=1S/C10H19NO3/c1-7(12)11-8(5-9(13)14)6-10(2,3)4/h8H,5-6H2,1-4H3,(H,11,12)(H,13,14)/t8-/m1/s1. The molecule has 1 amide bonds. The molecule has 0 saturated heterocycles. The van der Waals surface area contributed by atoms with Gasteiger partial charge in [0.25, 0.3) is 0 Å². The van der Waals surface area contributed by atoms with Gasteiger partial charge in [-0.15, -0.1) is 0 Å². The first-order valence-corrected chi connectivity index (χ1v) is 4.69. The molecule has 2 N–H and O–H groups in total. The Bertz CT molecular complexity index is 202. The molecule has 1 atom stereocenters. The smallest absolute Gasteiger partial charge is 0.305 e. The monoisotopic (exact) mass is 201 g/mol. The molecular formula is C10H19NO3. The molecule has 0 fully saturated rings. The van der Waals surface area contributed by atoms with E-state index in [4.69, 9.17) is 5.11 Å². The maximum atomic E-state index is 10.8. The molecule has 4 heteroatoms. The van der Waals surface area contributed by atoms with Crippen LogP contribution < -0.4 is 5.32 Å². The summed E-state index contributed by atoms with van der Waals surface area (Å²) in [5, 5.41) is 11.3. The van der Waals surface area contributed by atoms with E-state index in [-0.39, 0.29) is 23.8 Å². The van der Waals surface area contributed by atoms with E-state index in [0.29, 0.717) is 6.42 Å². The van der Waals surface area contributed by atoms with Gasteiger partial charge in [-0.1, -0.05) is 20.8 Å². The molecule has 0 aliphatic rings. The number of carbonyl (C=O) groups is 2. The van der Waals surface area contributed by atoms with Crippen molar-refractivity contribution in [2.24, 2.45) is 5.41 Å². The van der Waals surface area contributed by atoms with Gasteiger partial charge in [-0.3, -0.25) is 9.59 Å². The van der Waals surface area contributed by atoms with Crippen LogP contribution in [0.3, 0.4) is 0 Å². The van der Waals surface area contributed by atoms with Gasteiger partial charge < -0.3 is 10.4 Å². The number of hydrogen-bond donors (Lipinski definition) is 2. The van der Waals surface area contributed by atoms with Crippen molar-refractivity contribution in [3.63, 3.8) is 0 Å². The average molecular weight is 201 g/mol. The fourth-order valence-electron chi connectivity index (χ4n) is 1.41. The van der Waals surface area contributed by atoms with Gasteiger partial charge in [0.15, 0.2) is 0 Å². The lowest BCUT2D eigenvalue weighted by Crippen LogP contribution is -2.37. The second-order valence-electron chi connectivity index (χ2n) is 4.76. The highest BCUT2D eigenvalue weighted by molar-refractivity contribution is 5.74. The normalized spacial score (nSPS) is 13.4. The van der Waals surface area contributed by atoms with Gasteiger partial charge in [0.1, 0.15) is 0 Å². The zero-order chi connectivity index (χ0) is 11.4. The number of hydrogen-bond acceptors (Lipinski definition) is 2. The van der Waals surface area contributed by atoms with Crippen LogP contribution in [0.5, 0.6) is 0 Å². The molecule has 0 radical (unpaired) electrons. The number of amides is 1. The van der Waals surface area contributed by atoms with E-state index in [2.05, 4.69) is 5.32 Å². The zero-order valence-electron chi connectivity index (χ0n) is 9.26. The number of nitrogens with one attached hydrogen (secondary N) is 1. The summed E-state index contributed by atoms with van der Waals surface area (Å²) in [6, 6.07) is -0.273. The van der Waals surface area contributed by atoms with Crippen molar-refractivity contribution in [2.75, 3.05) is 0 Å². The van der Waals surface area contributed by atoms with E-state index >= 15 is 0 Å². The van der Waals surface area contributed by atoms with Gasteiger partial charge in [0.05, 0.1) is 6.42 Å². The first kappa shape index (κ1) is 12.9. The first-order chi connectivity index (χ1) is 6.20. The topological polar surface area (TPSA) is 66.4 Å². The average Bonchev–Trinajstić information content (AvgIpc) is 1.77. The Morgan fingerprint density at radius 1 is 1.36 bits per heavy atom. The molecule has 0 aromatic carbocycles. The lowest BCUT2D eigenvalue weighted by Gasteiger charge is -2.25. The summed E-state index contributed by atoms with van der Waals surface area (Å²) in [4.78, 5) is 21.3. The minimum absolute atomic E-state index is 0.0164. The Morgan fingerprint density at radius 3 is 2.14 bits per heavy atom. The third kappa shape index (κ3) is 7.58. The van der Waals surface area contributed by atoms with Gasteiger partial charge >= 0.3 is 5.97 Å². The van der Waals surface area contributed by atoms with Crippen LogP contribution in [0, 0.1) is 5.41 Å². The van der Waals surface area contributed by atoms with Gasteiger partial charge in [-0.25, -0.2) is 0 Å². The van der Waals surface area contributed by atoms with Crippen LogP contribution in [0.25, 0.3) is 0 Å². The fraction of sp³-hybridized carbons (Fsp3) is 0.800. The lowest BCUT2D eigenvalue weighted by atomic mass is 9.87. The molecule has 4 nitrogen and oxygen atoms in total. The lowest BCUT2D eigenvalue weighted by molar-refractivity contribution is -0.137. The molecule has 82 valence electrons. The number of aliphatic carboxylic acids is 1. The molecule has 0 aromatic heterocycles. The van der Waals surface area contributed by atoms with E-state index in [1.807, 2.05) is 20.8 Å². The molecule has 0 heterocycles. The molecule has 0 spiro atoms. The first-order valence-electron chi connectivity index (χ1n) is 4.69. The van der Waals surface area contributed by atoms with Gasteiger partial charge in [-0.2, -0.15) is 0 Å². The maximum absolute atomic E-state index is 10.8. The van der Waals surface area contributed by atoms with Crippen molar-refractivity contribution < 1.29 is 14.7 Å². The third-order valence-electron chi connectivity index (χ3n) is 1.69. The van der Waals surface area contributed by atoms with Crippen LogP contribution in [0.4, 0.5) is 0 Å². The summed E-state index contributed by atoms with van der Waals surface area (Å²) in [5.74, 6) is -1.06.